The fourth-order valence-electron chi connectivity index (χ4n) is 1.33. The molecule has 1 rings (SSSR count). The van der Waals surface area contributed by atoms with Crippen molar-refractivity contribution in [3.05, 3.63) is 15.9 Å². The quantitative estimate of drug-likeness (QED) is 0.616. The van der Waals surface area contributed by atoms with Gasteiger partial charge in [-0.05, 0) is 12.8 Å². The molecule has 0 amide bonds. The molecule has 5 N–H and O–H groups in total. The molecule has 0 aliphatic heterocycles. The zero-order valence-corrected chi connectivity index (χ0v) is 8.34. The molecule has 0 aliphatic rings. The second kappa shape index (κ2) is 4.64. The van der Waals surface area contributed by atoms with Gasteiger partial charge in [0.2, 0.25) is 5.95 Å². The molecule has 0 radical (unpaired) electrons. The topological polar surface area (TPSA) is 97.8 Å². The van der Waals surface area contributed by atoms with Crippen molar-refractivity contribution in [1.29, 1.82) is 0 Å². The van der Waals surface area contributed by atoms with Crippen LogP contribution >= 0.6 is 0 Å². The lowest BCUT2D eigenvalue weighted by atomic mass is 10.1. The maximum absolute atomic E-state index is 11.4. The van der Waals surface area contributed by atoms with E-state index in [9.17, 15) is 4.79 Å². The van der Waals surface area contributed by atoms with Crippen molar-refractivity contribution in [3.8, 4) is 0 Å². The Labute approximate surface area is 82.5 Å². The van der Waals surface area contributed by atoms with Crippen LogP contribution in [0.4, 0.5) is 11.8 Å². The number of H-pyrrole nitrogens is 1. The summed E-state index contributed by atoms with van der Waals surface area (Å²) in [5.41, 5.74) is 11.3. The Hall–Kier alpha value is -1.52. The molecule has 0 aromatic carbocycles. The van der Waals surface area contributed by atoms with Crippen LogP contribution in [0.2, 0.25) is 0 Å². The lowest BCUT2D eigenvalue weighted by molar-refractivity contribution is 0.712. The minimum atomic E-state index is -0.217. The molecule has 1 aromatic rings. The number of aromatic amines is 1. The molecule has 14 heavy (non-hydrogen) atoms. The van der Waals surface area contributed by atoms with Crippen molar-refractivity contribution in [3.63, 3.8) is 0 Å². The van der Waals surface area contributed by atoms with E-state index in [-0.39, 0.29) is 17.3 Å². The molecule has 0 saturated heterocycles. The maximum Gasteiger partial charge on any atom is 0.257 e. The van der Waals surface area contributed by atoms with E-state index in [1.54, 1.807) is 0 Å². The van der Waals surface area contributed by atoms with E-state index < -0.39 is 0 Å². The van der Waals surface area contributed by atoms with Gasteiger partial charge in [0.25, 0.3) is 5.56 Å². The number of anilines is 2. The first-order valence-electron chi connectivity index (χ1n) is 4.79. The standard InChI is InChI=1S/C9H16N4O/c1-2-3-4-5-6-7(10)12-9(11)13-8(6)14/h2-5H2,1H3,(H5,10,11,12,13,14). The number of nitrogens with two attached hydrogens (primary N) is 2. The smallest absolute Gasteiger partial charge is 0.257 e. The second-order valence-electron chi connectivity index (χ2n) is 3.27. The fraction of sp³-hybridized carbons (Fsp3) is 0.556. The molecule has 0 aliphatic carbocycles. The number of nitrogen functional groups attached to an aromatic ring is 2. The van der Waals surface area contributed by atoms with E-state index in [4.69, 9.17) is 11.5 Å². The van der Waals surface area contributed by atoms with Crippen molar-refractivity contribution in [2.24, 2.45) is 0 Å². The normalized spacial score (nSPS) is 10.4. The number of hydrogen-bond donors (Lipinski definition) is 3. The van der Waals surface area contributed by atoms with Gasteiger partial charge in [-0.3, -0.25) is 9.78 Å². The van der Waals surface area contributed by atoms with Crippen molar-refractivity contribution >= 4 is 11.8 Å². The molecular formula is C9H16N4O. The van der Waals surface area contributed by atoms with Crippen molar-refractivity contribution in [2.45, 2.75) is 32.6 Å². The first-order valence-corrected chi connectivity index (χ1v) is 4.79. The predicted octanol–water partition coefficient (Wildman–Crippen LogP) is 0.667. The van der Waals surface area contributed by atoms with E-state index in [1.165, 1.54) is 0 Å². The van der Waals surface area contributed by atoms with E-state index in [0.717, 1.165) is 19.3 Å². The Bertz CT molecular complexity index is 358. The van der Waals surface area contributed by atoms with Crippen LogP contribution in [-0.2, 0) is 6.42 Å². The summed E-state index contributed by atoms with van der Waals surface area (Å²) in [6, 6.07) is 0. The third-order valence-electron chi connectivity index (χ3n) is 2.10. The zero-order chi connectivity index (χ0) is 10.6. The Kier molecular flexibility index (Phi) is 3.50. The van der Waals surface area contributed by atoms with Gasteiger partial charge in [0.05, 0.1) is 5.56 Å². The Morgan fingerprint density at radius 1 is 1.36 bits per heavy atom. The number of nitrogens with one attached hydrogen (secondary N) is 1. The largest absolute Gasteiger partial charge is 0.383 e. The van der Waals surface area contributed by atoms with Crippen LogP contribution in [0.15, 0.2) is 4.79 Å². The number of aromatic nitrogens is 2. The Morgan fingerprint density at radius 3 is 2.64 bits per heavy atom. The molecular weight excluding hydrogens is 180 g/mol. The number of hydrogen-bond acceptors (Lipinski definition) is 4. The SMILES string of the molecule is CCCCCc1c(N)nc(N)[nH]c1=O. The lowest BCUT2D eigenvalue weighted by Crippen LogP contribution is -2.19. The van der Waals surface area contributed by atoms with E-state index in [2.05, 4.69) is 16.9 Å². The highest BCUT2D eigenvalue weighted by Gasteiger charge is 2.06. The van der Waals surface area contributed by atoms with Crippen LogP contribution in [0.1, 0.15) is 31.7 Å². The lowest BCUT2D eigenvalue weighted by Gasteiger charge is -2.03. The van der Waals surface area contributed by atoms with Crippen LogP contribution in [0.25, 0.3) is 0 Å². The van der Waals surface area contributed by atoms with Crippen LogP contribution in [0, 0.1) is 0 Å². The summed E-state index contributed by atoms with van der Waals surface area (Å²) < 4.78 is 0. The van der Waals surface area contributed by atoms with Gasteiger partial charge in [0, 0.05) is 0 Å². The third-order valence-corrected chi connectivity index (χ3v) is 2.10. The number of nitrogens with zero attached hydrogens (tertiary/aromatic N) is 1. The molecule has 0 bridgehead atoms. The molecule has 5 nitrogen and oxygen atoms in total. The summed E-state index contributed by atoms with van der Waals surface area (Å²) in [6.45, 7) is 2.11. The average Bonchev–Trinajstić information content (AvgIpc) is 2.09. The maximum atomic E-state index is 11.4. The van der Waals surface area contributed by atoms with Crippen molar-refractivity contribution in [2.75, 3.05) is 11.5 Å². The molecule has 1 heterocycles. The summed E-state index contributed by atoms with van der Waals surface area (Å²) in [6.07, 6.45) is 3.82. The molecule has 5 heteroatoms. The summed E-state index contributed by atoms with van der Waals surface area (Å²) >= 11 is 0. The molecule has 0 fully saturated rings. The van der Waals surface area contributed by atoms with Gasteiger partial charge in [-0.1, -0.05) is 19.8 Å². The van der Waals surface area contributed by atoms with Gasteiger partial charge >= 0.3 is 0 Å². The molecule has 78 valence electrons. The van der Waals surface area contributed by atoms with E-state index in [1.807, 2.05) is 0 Å². The fourth-order valence-corrected chi connectivity index (χ4v) is 1.33. The summed E-state index contributed by atoms with van der Waals surface area (Å²) in [5, 5.41) is 0. The van der Waals surface area contributed by atoms with Crippen LogP contribution in [-0.4, -0.2) is 9.97 Å². The zero-order valence-electron chi connectivity index (χ0n) is 8.34. The highest BCUT2D eigenvalue weighted by molar-refractivity contribution is 5.41. The van der Waals surface area contributed by atoms with Crippen molar-refractivity contribution < 1.29 is 0 Å². The van der Waals surface area contributed by atoms with Gasteiger partial charge in [0.1, 0.15) is 5.82 Å². The minimum absolute atomic E-state index is 0.0757. The first kappa shape index (κ1) is 10.6. The molecule has 0 spiro atoms. The highest BCUT2D eigenvalue weighted by Crippen LogP contribution is 2.08. The predicted molar refractivity (Wildman–Crippen MR) is 56.9 cm³/mol. The Morgan fingerprint density at radius 2 is 2.07 bits per heavy atom. The van der Waals surface area contributed by atoms with Crippen LogP contribution in [0.3, 0.4) is 0 Å². The summed E-state index contributed by atoms with van der Waals surface area (Å²) in [5.74, 6) is 0.328. The molecule has 0 atom stereocenters. The first-order chi connectivity index (χ1) is 6.65. The minimum Gasteiger partial charge on any atom is -0.383 e. The van der Waals surface area contributed by atoms with E-state index in [0.29, 0.717) is 12.0 Å². The van der Waals surface area contributed by atoms with Gasteiger partial charge < -0.3 is 11.5 Å². The van der Waals surface area contributed by atoms with Crippen LogP contribution < -0.4 is 17.0 Å². The second-order valence-corrected chi connectivity index (χ2v) is 3.27. The van der Waals surface area contributed by atoms with Gasteiger partial charge in [-0.15, -0.1) is 0 Å². The number of rotatable bonds is 4. The van der Waals surface area contributed by atoms with Gasteiger partial charge in [-0.2, -0.15) is 4.98 Å². The third kappa shape index (κ3) is 2.48. The van der Waals surface area contributed by atoms with Crippen molar-refractivity contribution in [1.82, 2.24) is 9.97 Å². The summed E-state index contributed by atoms with van der Waals surface area (Å²) in [4.78, 5) is 17.7. The molecule has 0 saturated carbocycles. The highest BCUT2D eigenvalue weighted by atomic mass is 16.1. The van der Waals surface area contributed by atoms with Crippen LogP contribution in [0.5, 0.6) is 0 Å². The summed E-state index contributed by atoms with van der Waals surface area (Å²) in [7, 11) is 0. The van der Waals surface area contributed by atoms with Gasteiger partial charge in [-0.25, -0.2) is 0 Å². The van der Waals surface area contributed by atoms with Gasteiger partial charge in [0.15, 0.2) is 0 Å². The number of unbranched alkanes of at least 4 members (excludes halogenated alkanes) is 2. The van der Waals surface area contributed by atoms with E-state index >= 15 is 0 Å². The monoisotopic (exact) mass is 196 g/mol. The molecule has 1 aromatic heterocycles. The molecule has 0 unspecified atom stereocenters. The Balaban J connectivity index is 2.81. The average molecular weight is 196 g/mol.